The molecule has 0 aromatic heterocycles. The first-order chi connectivity index (χ1) is 6.38. The summed E-state index contributed by atoms with van der Waals surface area (Å²) in [5.41, 5.74) is 1.28. The molecule has 13 heavy (non-hydrogen) atoms. The summed E-state index contributed by atoms with van der Waals surface area (Å²) in [5, 5.41) is 0. The van der Waals surface area contributed by atoms with E-state index in [0.29, 0.717) is 5.92 Å². The lowest BCUT2D eigenvalue weighted by atomic mass is 9.95. The van der Waals surface area contributed by atoms with Gasteiger partial charge in [0.05, 0.1) is 12.7 Å². The molecule has 0 aliphatic carbocycles. The molecular weight excluding hydrogens is 160 g/mol. The second-order valence-electron chi connectivity index (χ2n) is 3.45. The second kappa shape index (κ2) is 3.75. The lowest BCUT2D eigenvalue weighted by molar-refractivity contribution is 0.0375. The standard InChI is InChI=1S/C12H14O/c1-10-6-5-9-13-12(10)11-7-3-2-4-8-11/h2-8,10,12H,9H2,1H3/t10-,12-/m1/s1. The van der Waals surface area contributed by atoms with Crippen LogP contribution in [0.3, 0.4) is 0 Å². The fourth-order valence-electron chi connectivity index (χ4n) is 1.72. The van der Waals surface area contributed by atoms with Crippen molar-refractivity contribution in [3.8, 4) is 0 Å². The average molecular weight is 174 g/mol. The van der Waals surface area contributed by atoms with Gasteiger partial charge in [0.1, 0.15) is 0 Å². The Kier molecular flexibility index (Phi) is 2.46. The molecule has 1 aliphatic heterocycles. The summed E-state index contributed by atoms with van der Waals surface area (Å²) < 4.78 is 5.69. The van der Waals surface area contributed by atoms with Gasteiger partial charge >= 0.3 is 0 Å². The fourth-order valence-corrected chi connectivity index (χ4v) is 1.72. The van der Waals surface area contributed by atoms with Crippen LogP contribution in [0.15, 0.2) is 42.5 Å². The van der Waals surface area contributed by atoms with Crippen LogP contribution in [0.5, 0.6) is 0 Å². The number of hydrogen-bond acceptors (Lipinski definition) is 1. The molecule has 0 amide bonds. The lowest BCUT2D eigenvalue weighted by Crippen LogP contribution is -2.15. The quantitative estimate of drug-likeness (QED) is 0.595. The van der Waals surface area contributed by atoms with Crippen LogP contribution in [0.2, 0.25) is 0 Å². The highest BCUT2D eigenvalue weighted by Crippen LogP contribution is 2.29. The van der Waals surface area contributed by atoms with Crippen molar-refractivity contribution in [2.45, 2.75) is 13.0 Å². The van der Waals surface area contributed by atoms with Gasteiger partial charge in [0.25, 0.3) is 0 Å². The molecule has 0 bridgehead atoms. The Labute approximate surface area is 79.0 Å². The zero-order valence-corrected chi connectivity index (χ0v) is 7.81. The van der Waals surface area contributed by atoms with Crippen LogP contribution in [-0.2, 0) is 4.74 Å². The minimum Gasteiger partial charge on any atom is -0.369 e. The molecule has 1 nitrogen and oxygen atoms in total. The molecule has 2 rings (SSSR count). The van der Waals surface area contributed by atoms with E-state index in [1.807, 2.05) is 6.07 Å². The third kappa shape index (κ3) is 1.81. The summed E-state index contributed by atoms with van der Waals surface area (Å²) in [6.45, 7) is 2.93. The lowest BCUT2D eigenvalue weighted by Gasteiger charge is -2.25. The summed E-state index contributed by atoms with van der Waals surface area (Å²) in [5.74, 6) is 0.483. The maximum absolute atomic E-state index is 5.69. The van der Waals surface area contributed by atoms with E-state index in [1.165, 1.54) is 5.56 Å². The largest absolute Gasteiger partial charge is 0.369 e. The Morgan fingerprint density at radius 2 is 2.00 bits per heavy atom. The molecule has 0 saturated heterocycles. The number of benzene rings is 1. The van der Waals surface area contributed by atoms with Crippen LogP contribution in [0.1, 0.15) is 18.6 Å². The Balaban J connectivity index is 2.22. The van der Waals surface area contributed by atoms with Gasteiger partial charge in [0.15, 0.2) is 0 Å². The summed E-state index contributed by atoms with van der Waals surface area (Å²) in [6, 6.07) is 10.4. The van der Waals surface area contributed by atoms with Crippen LogP contribution in [0.4, 0.5) is 0 Å². The molecule has 0 spiro atoms. The van der Waals surface area contributed by atoms with Crippen LogP contribution < -0.4 is 0 Å². The molecular formula is C12H14O. The van der Waals surface area contributed by atoms with Crippen molar-refractivity contribution >= 4 is 0 Å². The van der Waals surface area contributed by atoms with Gasteiger partial charge in [-0.05, 0) is 5.56 Å². The smallest absolute Gasteiger partial charge is 0.0889 e. The molecule has 1 heterocycles. The summed E-state index contributed by atoms with van der Waals surface area (Å²) in [6.07, 6.45) is 4.55. The van der Waals surface area contributed by atoms with Gasteiger partial charge in [0, 0.05) is 5.92 Å². The third-order valence-electron chi connectivity index (χ3n) is 2.42. The highest BCUT2D eigenvalue weighted by atomic mass is 16.5. The van der Waals surface area contributed by atoms with Gasteiger partial charge < -0.3 is 4.74 Å². The Morgan fingerprint density at radius 1 is 1.23 bits per heavy atom. The number of rotatable bonds is 1. The summed E-state index contributed by atoms with van der Waals surface area (Å²) in [4.78, 5) is 0. The predicted molar refractivity (Wildman–Crippen MR) is 53.4 cm³/mol. The predicted octanol–water partition coefficient (Wildman–Crippen LogP) is 2.95. The zero-order chi connectivity index (χ0) is 9.10. The van der Waals surface area contributed by atoms with E-state index in [1.54, 1.807) is 0 Å². The molecule has 0 saturated carbocycles. The van der Waals surface area contributed by atoms with Crippen LogP contribution in [-0.4, -0.2) is 6.61 Å². The monoisotopic (exact) mass is 174 g/mol. The van der Waals surface area contributed by atoms with Crippen molar-refractivity contribution in [2.24, 2.45) is 5.92 Å². The van der Waals surface area contributed by atoms with E-state index in [-0.39, 0.29) is 6.10 Å². The average Bonchev–Trinajstić information content (AvgIpc) is 2.20. The zero-order valence-electron chi connectivity index (χ0n) is 7.81. The van der Waals surface area contributed by atoms with Crippen LogP contribution >= 0.6 is 0 Å². The third-order valence-corrected chi connectivity index (χ3v) is 2.42. The van der Waals surface area contributed by atoms with E-state index in [4.69, 9.17) is 4.74 Å². The number of ether oxygens (including phenoxy) is 1. The van der Waals surface area contributed by atoms with Gasteiger partial charge in [-0.25, -0.2) is 0 Å². The first kappa shape index (κ1) is 8.52. The molecule has 0 radical (unpaired) electrons. The highest BCUT2D eigenvalue weighted by molar-refractivity contribution is 5.20. The van der Waals surface area contributed by atoms with E-state index in [9.17, 15) is 0 Å². The van der Waals surface area contributed by atoms with E-state index >= 15 is 0 Å². The fraction of sp³-hybridized carbons (Fsp3) is 0.333. The normalized spacial score (nSPS) is 27.5. The van der Waals surface area contributed by atoms with Gasteiger partial charge in [-0.15, -0.1) is 0 Å². The Bertz CT molecular complexity index is 289. The molecule has 1 heteroatoms. The molecule has 1 aromatic carbocycles. The molecule has 2 atom stereocenters. The molecule has 0 unspecified atom stereocenters. The summed E-state index contributed by atoms with van der Waals surface area (Å²) in [7, 11) is 0. The molecule has 0 N–H and O–H groups in total. The van der Waals surface area contributed by atoms with Crippen LogP contribution in [0, 0.1) is 5.92 Å². The molecule has 1 aliphatic rings. The Hall–Kier alpha value is -1.08. The minimum absolute atomic E-state index is 0.242. The minimum atomic E-state index is 0.242. The molecule has 0 fully saturated rings. The maximum Gasteiger partial charge on any atom is 0.0889 e. The maximum atomic E-state index is 5.69. The van der Waals surface area contributed by atoms with Crippen molar-refractivity contribution in [3.05, 3.63) is 48.0 Å². The SMILES string of the molecule is C[C@@H]1C=CCO[C@H]1c1ccccc1. The van der Waals surface area contributed by atoms with Crippen molar-refractivity contribution in [1.29, 1.82) is 0 Å². The van der Waals surface area contributed by atoms with Gasteiger partial charge in [0.2, 0.25) is 0 Å². The van der Waals surface area contributed by atoms with E-state index in [0.717, 1.165) is 6.61 Å². The van der Waals surface area contributed by atoms with Crippen molar-refractivity contribution < 1.29 is 4.74 Å². The topological polar surface area (TPSA) is 9.23 Å². The van der Waals surface area contributed by atoms with Crippen molar-refractivity contribution in [3.63, 3.8) is 0 Å². The van der Waals surface area contributed by atoms with Crippen molar-refractivity contribution in [1.82, 2.24) is 0 Å². The number of hydrogen-bond donors (Lipinski definition) is 0. The van der Waals surface area contributed by atoms with Gasteiger partial charge in [-0.3, -0.25) is 0 Å². The van der Waals surface area contributed by atoms with Gasteiger partial charge in [-0.1, -0.05) is 49.4 Å². The molecule has 68 valence electrons. The first-order valence-electron chi connectivity index (χ1n) is 4.71. The first-order valence-corrected chi connectivity index (χ1v) is 4.71. The highest BCUT2D eigenvalue weighted by Gasteiger charge is 2.19. The second-order valence-corrected chi connectivity index (χ2v) is 3.45. The summed E-state index contributed by atoms with van der Waals surface area (Å²) >= 11 is 0. The Morgan fingerprint density at radius 3 is 2.69 bits per heavy atom. The van der Waals surface area contributed by atoms with E-state index < -0.39 is 0 Å². The van der Waals surface area contributed by atoms with Crippen LogP contribution in [0.25, 0.3) is 0 Å². The molecule has 1 aromatic rings. The van der Waals surface area contributed by atoms with E-state index in [2.05, 4.69) is 43.3 Å². The van der Waals surface area contributed by atoms with Gasteiger partial charge in [-0.2, -0.15) is 0 Å². The van der Waals surface area contributed by atoms with Crippen molar-refractivity contribution in [2.75, 3.05) is 6.61 Å².